The standard InChI is InChI=1S/C13H15N3O2/c1-2-17-9-12-15-13(18-16-12)8-5-10-3-6-11(14)7-4-10/h3-8H,2,9,14H2,1H3/b8-5+. The fraction of sp³-hybridized carbons (Fsp3) is 0.231. The fourth-order valence-corrected chi connectivity index (χ4v) is 1.36. The highest BCUT2D eigenvalue weighted by Crippen LogP contribution is 2.09. The Hall–Kier alpha value is -2.14. The van der Waals surface area contributed by atoms with E-state index in [9.17, 15) is 0 Å². The third kappa shape index (κ3) is 3.43. The summed E-state index contributed by atoms with van der Waals surface area (Å²) >= 11 is 0. The molecule has 0 radical (unpaired) electrons. The van der Waals surface area contributed by atoms with Crippen molar-refractivity contribution in [1.29, 1.82) is 0 Å². The highest BCUT2D eigenvalue weighted by Gasteiger charge is 2.02. The van der Waals surface area contributed by atoms with Crippen molar-refractivity contribution in [2.24, 2.45) is 0 Å². The zero-order valence-corrected chi connectivity index (χ0v) is 10.2. The number of hydrogen-bond donors (Lipinski definition) is 1. The van der Waals surface area contributed by atoms with Crippen molar-refractivity contribution >= 4 is 17.8 Å². The van der Waals surface area contributed by atoms with Crippen LogP contribution in [-0.2, 0) is 11.3 Å². The second-order valence-corrected chi connectivity index (χ2v) is 3.69. The van der Waals surface area contributed by atoms with E-state index in [1.807, 2.05) is 37.3 Å². The number of anilines is 1. The van der Waals surface area contributed by atoms with Crippen molar-refractivity contribution in [2.45, 2.75) is 13.5 Å². The normalized spacial score (nSPS) is 11.2. The predicted octanol–water partition coefficient (Wildman–Crippen LogP) is 2.36. The molecule has 2 aromatic rings. The highest BCUT2D eigenvalue weighted by atomic mass is 16.5. The van der Waals surface area contributed by atoms with Gasteiger partial charge in [0, 0.05) is 18.4 Å². The van der Waals surface area contributed by atoms with E-state index in [0.29, 0.717) is 24.9 Å². The van der Waals surface area contributed by atoms with Gasteiger partial charge in [-0.1, -0.05) is 17.3 Å². The quantitative estimate of drug-likeness (QED) is 0.818. The van der Waals surface area contributed by atoms with E-state index in [2.05, 4.69) is 10.1 Å². The molecule has 1 aromatic heterocycles. The topological polar surface area (TPSA) is 74.2 Å². The Morgan fingerprint density at radius 1 is 1.28 bits per heavy atom. The van der Waals surface area contributed by atoms with Crippen molar-refractivity contribution in [2.75, 3.05) is 12.3 Å². The molecule has 0 amide bonds. The van der Waals surface area contributed by atoms with Gasteiger partial charge in [0.05, 0.1) is 0 Å². The Morgan fingerprint density at radius 2 is 2.06 bits per heavy atom. The van der Waals surface area contributed by atoms with Crippen LogP contribution < -0.4 is 5.73 Å². The maximum Gasteiger partial charge on any atom is 0.250 e. The number of rotatable bonds is 5. The van der Waals surface area contributed by atoms with Gasteiger partial charge >= 0.3 is 0 Å². The molecule has 5 nitrogen and oxygen atoms in total. The highest BCUT2D eigenvalue weighted by molar-refractivity contribution is 5.66. The van der Waals surface area contributed by atoms with E-state index >= 15 is 0 Å². The molecule has 0 aliphatic rings. The van der Waals surface area contributed by atoms with Crippen LogP contribution in [-0.4, -0.2) is 16.7 Å². The van der Waals surface area contributed by atoms with E-state index in [0.717, 1.165) is 11.3 Å². The number of hydrogen-bond acceptors (Lipinski definition) is 5. The lowest BCUT2D eigenvalue weighted by atomic mass is 10.2. The molecule has 2 N–H and O–H groups in total. The molecular formula is C13H15N3O2. The first kappa shape index (κ1) is 12.3. The summed E-state index contributed by atoms with van der Waals surface area (Å²) in [6, 6.07) is 7.52. The first-order chi connectivity index (χ1) is 8.78. The van der Waals surface area contributed by atoms with Crippen LogP contribution in [0.4, 0.5) is 5.69 Å². The van der Waals surface area contributed by atoms with Gasteiger partial charge < -0.3 is 15.0 Å². The van der Waals surface area contributed by atoms with Crippen LogP contribution in [0.15, 0.2) is 28.8 Å². The molecule has 2 rings (SSSR count). The van der Waals surface area contributed by atoms with Crippen molar-refractivity contribution in [3.8, 4) is 0 Å². The summed E-state index contributed by atoms with van der Waals surface area (Å²) in [6.45, 7) is 2.92. The minimum Gasteiger partial charge on any atom is -0.399 e. The number of aromatic nitrogens is 2. The molecule has 0 saturated carbocycles. The molecule has 18 heavy (non-hydrogen) atoms. The smallest absolute Gasteiger partial charge is 0.250 e. The van der Waals surface area contributed by atoms with Crippen LogP contribution in [0.5, 0.6) is 0 Å². The Kier molecular flexibility index (Phi) is 4.09. The van der Waals surface area contributed by atoms with Gasteiger partial charge in [-0.05, 0) is 30.7 Å². The van der Waals surface area contributed by atoms with Gasteiger partial charge in [-0.2, -0.15) is 4.98 Å². The molecule has 1 heterocycles. The van der Waals surface area contributed by atoms with Gasteiger partial charge in [0.1, 0.15) is 6.61 Å². The van der Waals surface area contributed by atoms with Crippen LogP contribution in [0, 0.1) is 0 Å². The van der Waals surface area contributed by atoms with Gasteiger partial charge in [-0.3, -0.25) is 0 Å². The molecule has 0 aliphatic heterocycles. The van der Waals surface area contributed by atoms with Crippen molar-refractivity contribution in [3.05, 3.63) is 41.5 Å². The van der Waals surface area contributed by atoms with Gasteiger partial charge in [0.25, 0.3) is 5.89 Å². The lowest BCUT2D eigenvalue weighted by molar-refractivity contribution is 0.126. The summed E-state index contributed by atoms with van der Waals surface area (Å²) in [5.74, 6) is 1.01. The summed E-state index contributed by atoms with van der Waals surface area (Å²) in [5, 5.41) is 3.80. The minimum atomic E-state index is 0.371. The summed E-state index contributed by atoms with van der Waals surface area (Å²) in [6.07, 6.45) is 3.64. The molecule has 0 bridgehead atoms. The van der Waals surface area contributed by atoms with E-state index in [1.165, 1.54) is 0 Å². The third-order valence-corrected chi connectivity index (χ3v) is 2.27. The molecule has 0 saturated heterocycles. The summed E-state index contributed by atoms with van der Waals surface area (Å²) < 4.78 is 10.2. The number of benzene rings is 1. The molecule has 5 heteroatoms. The third-order valence-electron chi connectivity index (χ3n) is 2.27. The Balaban J connectivity index is 2.00. The van der Waals surface area contributed by atoms with Crippen molar-refractivity contribution in [3.63, 3.8) is 0 Å². The van der Waals surface area contributed by atoms with Gasteiger partial charge in [-0.25, -0.2) is 0 Å². The average molecular weight is 245 g/mol. The maximum absolute atomic E-state index is 5.60. The Labute approximate surface area is 105 Å². The molecule has 0 atom stereocenters. The molecule has 0 aliphatic carbocycles. The summed E-state index contributed by atoms with van der Waals surface area (Å²) in [5.41, 5.74) is 7.37. The first-order valence-corrected chi connectivity index (χ1v) is 5.72. The van der Waals surface area contributed by atoms with Crippen LogP contribution in [0.1, 0.15) is 24.2 Å². The van der Waals surface area contributed by atoms with Gasteiger partial charge in [0.2, 0.25) is 0 Å². The summed E-state index contributed by atoms with van der Waals surface area (Å²) in [4.78, 5) is 4.17. The Morgan fingerprint density at radius 3 is 2.78 bits per heavy atom. The number of ether oxygens (including phenoxy) is 1. The SMILES string of the molecule is CCOCc1noc(/C=C/c2ccc(N)cc2)n1. The lowest BCUT2D eigenvalue weighted by Crippen LogP contribution is -1.93. The first-order valence-electron chi connectivity index (χ1n) is 5.72. The number of nitrogens with zero attached hydrogens (tertiary/aromatic N) is 2. The van der Waals surface area contributed by atoms with Gasteiger partial charge in [0.15, 0.2) is 5.82 Å². The molecule has 0 fully saturated rings. The van der Waals surface area contributed by atoms with Crippen LogP contribution in [0.2, 0.25) is 0 Å². The average Bonchev–Trinajstić information content (AvgIpc) is 2.84. The molecule has 1 aromatic carbocycles. The lowest BCUT2D eigenvalue weighted by Gasteiger charge is -1.93. The van der Waals surface area contributed by atoms with E-state index in [4.69, 9.17) is 15.0 Å². The molecular weight excluding hydrogens is 230 g/mol. The molecule has 0 unspecified atom stereocenters. The Bertz CT molecular complexity index is 517. The number of nitrogen functional groups attached to an aromatic ring is 1. The second kappa shape index (κ2) is 5.97. The van der Waals surface area contributed by atoms with E-state index < -0.39 is 0 Å². The largest absolute Gasteiger partial charge is 0.399 e. The van der Waals surface area contributed by atoms with Crippen molar-refractivity contribution in [1.82, 2.24) is 10.1 Å². The summed E-state index contributed by atoms with van der Waals surface area (Å²) in [7, 11) is 0. The predicted molar refractivity (Wildman–Crippen MR) is 69.4 cm³/mol. The van der Waals surface area contributed by atoms with Crippen LogP contribution in [0.25, 0.3) is 12.2 Å². The monoisotopic (exact) mass is 245 g/mol. The maximum atomic E-state index is 5.60. The van der Waals surface area contributed by atoms with Crippen LogP contribution in [0.3, 0.4) is 0 Å². The molecule has 94 valence electrons. The fourth-order valence-electron chi connectivity index (χ4n) is 1.36. The minimum absolute atomic E-state index is 0.371. The zero-order valence-electron chi connectivity index (χ0n) is 10.2. The van der Waals surface area contributed by atoms with E-state index in [1.54, 1.807) is 6.08 Å². The molecule has 0 spiro atoms. The zero-order chi connectivity index (χ0) is 12.8. The van der Waals surface area contributed by atoms with Gasteiger partial charge in [-0.15, -0.1) is 0 Å². The number of nitrogens with two attached hydrogens (primary N) is 1. The van der Waals surface area contributed by atoms with Crippen molar-refractivity contribution < 1.29 is 9.26 Å². The second-order valence-electron chi connectivity index (χ2n) is 3.69. The van der Waals surface area contributed by atoms with Crippen LogP contribution >= 0.6 is 0 Å². The van der Waals surface area contributed by atoms with E-state index in [-0.39, 0.29) is 0 Å².